The molecule has 2 amide bonds. The standard InChI is InChI=1S/C29H30N4O2/c34-27(22-7-8-22)32-15-1-2-19(17-32)18-33-26(31-29(12-13-29)28(33)35)21-5-3-20(4-6-21)23-9-10-25-24(16-23)11-14-30-25/h3-6,9-11,14,16,19,22,30H,1-2,7-8,12-13,15,17-18H2/t19-/m0/s1. The normalized spacial score (nSPS) is 23.3. The predicted octanol–water partition coefficient (Wildman–Crippen LogP) is 4.60. The van der Waals surface area contributed by atoms with Crippen molar-refractivity contribution in [3.63, 3.8) is 0 Å². The maximum absolute atomic E-state index is 13.4. The lowest BCUT2D eigenvalue weighted by atomic mass is 9.96. The highest BCUT2D eigenvalue weighted by molar-refractivity contribution is 6.16. The van der Waals surface area contributed by atoms with Gasteiger partial charge in [0.1, 0.15) is 11.4 Å². The Balaban J connectivity index is 1.12. The van der Waals surface area contributed by atoms with Crippen molar-refractivity contribution >= 4 is 28.6 Å². The zero-order chi connectivity index (χ0) is 23.6. The molecule has 0 bridgehead atoms. The first-order valence-corrected chi connectivity index (χ1v) is 13.0. The molecule has 3 fully saturated rings. The summed E-state index contributed by atoms with van der Waals surface area (Å²) in [6, 6.07) is 17.0. The van der Waals surface area contributed by atoms with Gasteiger partial charge in [0.2, 0.25) is 5.91 Å². The zero-order valence-corrected chi connectivity index (χ0v) is 19.9. The van der Waals surface area contributed by atoms with Crippen molar-refractivity contribution in [3.05, 3.63) is 60.3 Å². The first-order valence-electron chi connectivity index (χ1n) is 13.0. The van der Waals surface area contributed by atoms with Gasteiger partial charge >= 0.3 is 0 Å². The molecule has 1 atom stereocenters. The summed E-state index contributed by atoms with van der Waals surface area (Å²) < 4.78 is 0. The number of aromatic amines is 1. The number of likely N-dealkylation sites (tertiary alicyclic amines) is 1. The number of amidine groups is 1. The maximum Gasteiger partial charge on any atom is 0.256 e. The van der Waals surface area contributed by atoms with Crippen LogP contribution < -0.4 is 0 Å². The van der Waals surface area contributed by atoms with Gasteiger partial charge in [0.05, 0.1) is 0 Å². The minimum atomic E-state index is -0.522. The molecule has 6 nitrogen and oxygen atoms in total. The molecule has 0 radical (unpaired) electrons. The topological polar surface area (TPSA) is 68.8 Å². The number of rotatable bonds is 5. The highest BCUT2D eigenvalue weighted by atomic mass is 16.2. The number of benzene rings is 2. The Hall–Kier alpha value is -3.41. The molecular weight excluding hydrogens is 436 g/mol. The number of fused-ring (bicyclic) bond motifs is 1. The van der Waals surface area contributed by atoms with Gasteiger partial charge in [-0.3, -0.25) is 19.5 Å². The lowest BCUT2D eigenvalue weighted by Gasteiger charge is -2.35. The van der Waals surface area contributed by atoms with Crippen LogP contribution in [0, 0.1) is 11.8 Å². The van der Waals surface area contributed by atoms with Crippen molar-refractivity contribution in [2.75, 3.05) is 19.6 Å². The number of aromatic nitrogens is 1. The van der Waals surface area contributed by atoms with Crippen molar-refractivity contribution < 1.29 is 9.59 Å². The Morgan fingerprint density at radius 1 is 1.00 bits per heavy atom. The first kappa shape index (κ1) is 20.9. The molecule has 3 heterocycles. The van der Waals surface area contributed by atoms with Crippen LogP contribution in [0.4, 0.5) is 0 Å². The molecule has 2 saturated carbocycles. The SMILES string of the molecule is O=C(C1CC1)N1CCC[C@H](CN2C(=O)C3(CC3)N=C2c2ccc(-c3ccc4[nH]ccc4c3)cc2)C1. The Morgan fingerprint density at radius 2 is 1.77 bits per heavy atom. The zero-order valence-electron chi connectivity index (χ0n) is 19.9. The van der Waals surface area contributed by atoms with Gasteiger partial charge in [-0.15, -0.1) is 0 Å². The van der Waals surface area contributed by atoms with E-state index in [4.69, 9.17) is 4.99 Å². The summed E-state index contributed by atoms with van der Waals surface area (Å²) in [6.07, 6.45) is 7.80. The second-order valence-electron chi connectivity index (χ2n) is 10.8. The summed E-state index contributed by atoms with van der Waals surface area (Å²) >= 11 is 0. The molecule has 7 rings (SSSR count). The third-order valence-corrected chi connectivity index (χ3v) is 8.17. The molecule has 4 aliphatic rings. The number of nitrogens with one attached hydrogen (secondary N) is 1. The van der Waals surface area contributed by atoms with E-state index >= 15 is 0 Å². The third-order valence-electron chi connectivity index (χ3n) is 8.17. The molecule has 2 aliphatic carbocycles. The van der Waals surface area contributed by atoms with Crippen molar-refractivity contribution in [2.45, 2.75) is 44.1 Å². The van der Waals surface area contributed by atoms with E-state index in [9.17, 15) is 9.59 Å². The molecule has 1 saturated heterocycles. The molecule has 1 spiro atoms. The fourth-order valence-corrected chi connectivity index (χ4v) is 5.80. The number of aliphatic imine (C=N–C) groups is 1. The van der Waals surface area contributed by atoms with Crippen LogP contribution in [0.1, 0.15) is 44.1 Å². The molecule has 2 aromatic carbocycles. The number of hydrogen-bond donors (Lipinski definition) is 1. The van der Waals surface area contributed by atoms with Crippen molar-refractivity contribution in [2.24, 2.45) is 16.8 Å². The van der Waals surface area contributed by atoms with Crippen molar-refractivity contribution in [3.8, 4) is 11.1 Å². The van der Waals surface area contributed by atoms with E-state index < -0.39 is 5.54 Å². The van der Waals surface area contributed by atoms with Crippen molar-refractivity contribution in [1.29, 1.82) is 0 Å². The molecule has 178 valence electrons. The van der Waals surface area contributed by atoms with Gasteiger partial charge in [-0.05, 0) is 79.2 Å². The van der Waals surface area contributed by atoms with Crippen LogP contribution in [0.3, 0.4) is 0 Å². The Kier molecular flexibility index (Phi) is 4.66. The minimum absolute atomic E-state index is 0.153. The molecule has 35 heavy (non-hydrogen) atoms. The average molecular weight is 467 g/mol. The van der Waals surface area contributed by atoms with Gasteiger partial charge in [0, 0.05) is 42.8 Å². The number of nitrogens with zero attached hydrogens (tertiary/aromatic N) is 3. The monoisotopic (exact) mass is 466 g/mol. The van der Waals surface area contributed by atoms with Crippen LogP contribution >= 0.6 is 0 Å². The van der Waals surface area contributed by atoms with Gasteiger partial charge < -0.3 is 9.88 Å². The summed E-state index contributed by atoms with van der Waals surface area (Å²) in [5, 5.41) is 1.20. The Morgan fingerprint density at radius 3 is 2.54 bits per heavy atom. The number of hydrogen-bond acceptors (Lipinski definition) is 3. The van der Waals surface area contributed by atoms with Crippen LogP contribution in [-0.4, -0.2) is 57.6 Å². The number of piperidine rings is 1. The van der Waals surface area contributed by atoms with E-state index in [0.717, 1.165) is 74.1 Å². The molecule has 2 aliphatic heterocycles. The molecule has 6 heteroatoms. The Bertz CT molecular complexity index is 1350. The van der Waals surface area contributed by atoms with Crippen LogP contribution in [0.2, 0.25) is 0 Å². The number of amides is 2. The van der Waals surface area contributed by atoms with Crippen LogP contribution in [0.25, 0.3) is 22.0 Å². The molecule has 1 aromatic heterocycles. The predicted molar refractivity (Wildman–Crippen MR) is 136 cm³/mol. The fraction of sp³-hybridized carbons (Fsp3) is 0.414. The van der Waals surface area contributed by atoms with E-state index in [2.05, 4.69) is 53.5 Å². The fourth-order valence-electron chi connectivity index (χ4n) is 5.80. The minimum Gasteiger partial charge on any atom is -0.361 e. The van der Waals surface area contributed by atoms with Crippen molar-refractivity contribution in [1.82, 2.24) is 14.8 Å². The largest absolute Gasteiger partial charge is 0.361 e. The Labute approximate surface area is 205 Å². The lowest BCUT2D eigenvalue weighted by molar-refractivity contribution is -0.134. The van der Waals surface area contributed by atoms with Gasteiger partial charge in [0.15, 0.2) is 0 Å². The van der Waals surface area contributed by atoms with E-state index in [1.807, 2.05) is 16.0 Å². The van der Waals surface area contributed by atoms with Crippen LogP contribution in [0.5, 0.6) is 0 Å². The molecule has 1 N–H and O–H groups in total. The molecular formula is C29H30N4O2. The van der Waals surface area contributed by atoms with Gasteiger partial charge in [-0.25, -0.2) is 0 Å². The van der Waals surface area contributed by atoms with E-state index in [1.165, 1.54) is 10.9 Å². The summed E-state index contributed by atoms with van der Waals surface area (Å²) in [5.74, 6) is 1.85. The summed E-state index contributed by atoms with van der Waals surface area (Å²) in [5.41, 5.74) is 3.93. The highest BCUT2D eigenvalue weighted by Gasteiger charge is 2.57. The van der Waals surface area contributed by atoms with Gasteiger partial charge in [-0.1, -0.05) is 30.3 Å². The number of carbonyl (C=O) groups excluding carboxylic acids is 2. The second kappa shape index (κ2) is 7.80. The van der Waals surface area contributed by atoms with Crippen LogP contribution in [-0.2, 0) is 9.59 Å². The average Bonchev–Trinajstić information content (AvgIpc) is 3.81. The smallest absolute Gasteiger partial charge is 0.256 e. The summed E-state index contributed by atoms with van der Waals surface area (Å²) in [4.78, 5) is 38.2. The summed E-state index contributed by atoms with van der Waals surface area (Å²) in [6.45, 7) is 2.28. The molecule has 0 unspecified atom stereocenters. The lowest BCUT2D eigenvalue weighted by Crippen LogP contribution is -2.46. The van der Waals surface area contributed by atoms with Crippen LogP contribution in [0.15, 0.2) is 59.7 Å². The van der Waals surface area contributed by atoms with E-state index in [0.29, 0.717) is 18.4 Å². The first-order chi connectivity index (χ1) is 17.1. The summed E-state index contributed by atoms with van der Waals surface area (Å²) in [7, 11) is 0. The number of carbonyl (C=O) groups is 2. The maximum atomic E-state index is 13.4. The van der Waals surface area contributed by atoms with E-state index in [-0.39, 0.29) is 11.8 Å². The van der Waals surface area contributed by atoms with Gasteiger partial charge in [-0.2, -0.15) is 0 Å². The number of H-pyrrole nitrogens is 1. The van der Waals surface area contributed by atoms with E-state index in [1.54, 1.807) is 0 Å². The highest BCUT2D eigenvalue weighted by Crippen LogP contribution is 2.46. The molecule has 3 aromatic rings. The second-order valence-corrected chi connectivity index (χ2v) is 10.8. The van der Waals surface area contributed by atoms with Gasteiger partial charge in [0.25, 0.3) is 5.91 Å². The quantitative estimate of drug-likeness (QED) is 0.597. The third kappa shape index (κ3) is 3.67.